The smallest absolute Gasteiger partial charge is 0.255 e. The van der Waals surface area contributed by atoms with Gasteiger partial charge in [0.2, 0.25) is 5.91 Å². The van der Waals surface area contributed by atoms with Crippen LogP contribution in [0.3, 0.4) is 0 Å². The van der Waals surface area contributed by atoms with E-state index >= 15 is 0 Å². The molecule has 3 aromatic carbocycles. The minimum absolute atomic E-state index is 0.0886. The molecule has 2 aliphatic heterocycles. The third-order valence-corrected chi connectivity index (χ3v) is 9.91. The number of piperidine rings is 1. The number of carbonyl (C=O) groups excluding carboxylic acids is 4. The van der Waals surface area contributed by atoms with Crippen LogP contribution < -0.4 is 10.5 Å². The Morgan fingerprint density at radius 1 is 1.00 bits per heavy atom. The van der Waals surface area contributed by atoms with E-state index in [2.05, 4.69) is 19.6 Å². The number of hydrogen-bond acceptors (Lipinski definition) is 6. The van der Waals surface area contributed by atoms with Crippen LogP contribution in [0.1, 0.15) is 44.7 Å². The fourth-order valence-electron chi connectivity index (χ4n) is 5.58. The van der Waals surface area contributed by atoms with Crippen LogP contribution in [0.4, 0.5) is 4.39 Å². The average molecular weight is 632 g/mol. The number of primary amides is 1. The molecule has 2 heterocycles. The summed E-state index contributed by atoms with van der Waals surface area (Å²) in [5, 5.41) is 0. The molecule has 45 heavy (non-hydrogen) atoms. The van der Waals surface area contributed by atoms with Crippen molar-refractivity contribution in [3.05, 3.63) is 88.7 Å². The lowest BCUT2D eigenvalue weighted by atomic mass is 9.96. The lowest BCUT2D eigenvalue weighted by Crippen LogP contribution is -2.55. The summed E-state index contributed by atoms with van der Waals surface area (Å²) < 4.78 is 25.4. The fourth-order valence-corrected chi connectivity index (χ4v) is 6.34. The Hall–Kier alpha value is -4.35. The number of nitrogens with two attached hydrogens (primary N) is 1. The van der Waals surface area contributed by atoms with Crippen LogP contribution in [-0.2, 0) is 27.3 Å². The van der Waals surface area contributed by atoms with Crippen molar-refractivity contribution < 1.29 is 33.0 Å². The highest BCUT2D eigenvalue weighted by Gasteiger charge is 2.43. The molecule has 2 aliphatic rings. The van der Waals surface area contributed by atoms with Gasteiger partial charge in [-0.3, -0.25) is 24.1 Å². The third-order valence-electron chi connectivity index (χ3n) is 8.20. The Labute approximate surface area is 263 Å². The summed E-state index contributed by atoms with van der Waals surface area (Å²) in [5.41, 5.74) is 9.21. The number of ether oxygens (including phenoxy) is 2. The lowest BCUT2D eigenvalue weighted by Gasteiger charge is -2.35. The van der Waals surface area contributed by atoms with Crippen LogP contribution >= 0.6 is 0 Å². The highest BCUT2D eigenvalue weighted by atomic mass is 28.3. The average Bonchev–Trinajstić information content (AvgIpc) is 3.32. The summed E-state index contributed by atoms with van der Waals surface area (Å²) in [5.74, 6) is -2.13. The molecule has 0 aliphatic carbocycles. The van der Waals surface area contributed by atoms with Crippen molar-refractivity contribution in [3.8, 4) is 16.9 Å². The summed E-state index contributed by atoms with van der Waals surface area (Å²) in [6.07, 6.45) is 1.04. The topological polar surface area (TPSA) is 119 Å². The van der Waals surface area contributed by atoms with Gasteiger partial charge in [0, 0.05) is 45.7 Å². The van der Waals surface area contributed by atoms with Gasteiger partial charge in [-0.05, 0) is 52.9 Å². The SMILES string of the molecule is C[Si](C)(C)CCOCN1C(=O)CCC(N2Cc3c(cccc3-c3ccc(CCOc4ccc(C(N)=O)c(F)c4)cc3)C2=O)C1=O. The van der Waals surface area contributed by atoms with Gasteiger partial charge in [0.25, 0.3) is 17.7 Å². The molecule has 4 amide bonds. The standard InChI is InChI=1S/C34H38FN3O6Si/c1-45(2,3)18-17-43-21-38-31(39)14-13-30(34(38)42)37-20-28-25(5-4-6-26(28)33(37)41)23-9-7-22(8-10-23)15-16-44-24-11-12-27(32(36)40)29(35)19-24/h4-12,19,30H,13-18,20-21H2,1-3H3,(H2,36,40). The van der Waals surface area contributed by atoms with Crippen molar-refractivity contribution in [2.24, 2.45) is 5.73 Å². The number of likely N-dealkylation sites (tertiary alicyclic amines) is 1. The molecule has 0 spiro atoms. The van der Waals surface area contributed by atoms with Gasteiger partial charge in [-0.25, -0.2) is 4.39 Å². The van der Waals surface area contributed by atoms with Crippen LogP contribution in [0.5, 0.6) is 5.75 Å². The maximum absolute atomic E-state index is 14.0. The van der Waals surface area contributed by atoms with E-state index in [4.69, 9.17) is 15.2 Å². The molecule has 1 unspecified atom stereocenters. The summed E-state index contributed by atoms with van der Waals surface area (Å²) in [4.78, 5) is 53.5. The summed E-state index contributed by atoms with van der Waals surface area (Å²) >= 11 is 0. The molecule has 3 aromatic rings. The first-order valence-electron chi connectivity index (χ1n) is 15.1. The van der Waals surface area contributed by atoms with E-state index in [1.807, 2.05) is 36.4 Å². The molecule has 9 nitrogen and oxygen atoms in total. The molecular formula is C34H38FN3O6Si. The Balaban J connectivity index is 1.22. The first kappa shape index (κ1) is 32.1. The molecule has 236 valence electrons. The van der Waals surface area contributed by atoms with Crippen molar-refractivity contribution in [3.63, 3.8) is 0 Å². The number of hydrogen-bond donors (Lipinski definition) is 1. The summed E-state index contributed by atoms with van der Waals surface area (Å²) in [6, 6.07) is 17.6. The van der Waals surface area contributed by atoms with Gasteiger partial charge >= 0.3 is 0 Å². The number of nitrogens with zero attached hydrogens (tertiary/aromatic N) is 2. The van der Waals surface area contributed by atoms with Gasteiger partial charge < -0.3 is 20.1 Å². The number of rotatable bonds is 12. The van der Waals surface area contributed by atoms with Crippen LogP contribution in [0.25, 0.3) is 11.1 Å². The zero-order chi connectivity index (χ0) is 32.3. The molecule has 0 saturated carbocycles. The number of carbonyl (C=O) groups is 4. The zero-order valence-corrected chi connectivity index (χ0v) is 26.8. The predicted molar refractivity (Wildman–Crippen MR) is 170 cm³/mol. The van der Waals surface area contributed by atoms with E-state index in [9.17, 15) is 23.6 Å². The van der Waals surface area contributed by atoms with Crippen LogP contribution in [0.15, 0.2) is 60.7 Å². The summed E-state index contributed by atoms with van der Waals surface area (Å²) in [6.45, 7) is 7.69. The van der Waals surface area contributed by atoms with Crippen molar-refractivity contribution in [2.45, 2.75) is 57.5 Å². The molecular weight excluding hydrogens is 593 g/mol. The second-order valence-electron chi connectivity index (χ2n) is 12.6. The molecule has 1 atom stereocenters. The molecule has 0 aromatic heterocycles. The third kappa shape index (κ3) is 7.31. The zero-order valence-electron chi connectivity index (χ0n) is 25.8. The van der Waals surface area contributed by atoms with Crippen LogP contribution in [0.2, 0.25) is 25.7 Å². The lowest BCUT2D eigenvalue weighted by molar-refractivity contribution is -0.158. The predicted octanol–water partition coefficient (Wildman–Crippen LogP) is 5.00. The molecule has 11 heteroatoms. The second kappa shape index (κ2) is 13.3. The molecule has 0 bridgehead atoms. The first-order chi connectivity index (χ1) is 21.4. The molecule has 2 N–H and O–H groups in total. The number of benzene rings is 3. The van der Waals surface area contributed by atoms with E-state index in [0.717, 1.165) is 39.3 Å². The highest BCUT2D eigenvalue weighted by molar-refractivity contribution is 6.76. The van der Waals surface area contributed by atoms with Crippen molar-refractivity contribution in [1.82, 2.24) is 9.80 Å². The minimum Gasteiger partial charge on any atom is -0.493 e. The maximum Gasteiger partial charge on any atom is 0.255 e. The molecule has 0 radical (unpaired) electrons. The first-order valence-corrected chi connectivity index (χ1v) is 18.8. The largest absolute Gasteiger partial charge is 0.493 e. The van der Waals surface area contributed by atoms with Gasteiger partial charge in [-0.15, -0.1) is 0 Å². The Morgan fingerprint density at radius 3 is 2.42 bits per heavy atom. The fraction of sp³-hybridized carbons (Fsp3) is 0.353. The van der Waals surface area contributed by atoms with Gasteiger partial charge in [-0.2, -0.15) is 0 Å². The molecule has 1 saturated heterocycles. The molecule has 1 fully saturated rings. The van der Waals surface area contributed by atoms with E-state index < -0.39 is 25.8 Å². The summed E-state index contributed by atoms with van der Waals surface area (Å²) in [7, 11) is -1.32. The normalized spacial score (nSPS) is 16.7. The van der Waals surface area contributed by atoms with E-state index in [1.165, 1.54) is 12.1 Å². The highest BCUT2D eigenvalue weighted by Crippen LogP contribution is 2.35. The quantitative estimate of drug-likeness (QED) is 0.171. The van der Waals surface area contributed by atoms with E-state index in [-0.39, 0.29) is 49.4 Å². The van der Waals surface area contributed by atoms with Crippen molar-refractivity contribution >= 4 is 31.7 Å². The maximum atomic E-state index is 14.0. The number of fused-ring (bicyclic) bond motifs is 1. The van der Waals surface area contributed by atoms with Gasteiger partial charge in [0.15, 0.2) is 0 Å². The van der Waals surface area contributed by atoms with Crippen LogP contribution in [-0.4, -0.2) is 67.5 Å². The Kier molecular flexibility index (Phi) is 9.50. The minimum atomic E-state index is -1.32. The van der Waals surface area contributed by atoms with Gasteiger partial charge in [0.1, 0.15) is 24.3 Å². The van der Waals surface area contributed by atoms with Gasteiger partial charge in [0.05, 0.1) is 12.2 Å². The van der Waals surface area contributed by atoms with E-state index in [1.54, 1.807) is 11.0 Å². The number of amides is 4. The number of imide groups is 1. The molecule has 5 rings (SSSR count). The Morgan fingerprint density at radius 2 is 1.73 bits per heavy atom. The van der Waals surface area contributed by atoms with E-state index in [0.29, 0.717) is 30.9 Å². The van der Waals surface area contributed by atoms with Crippen molar-refractivity contribution in [2.75, 3.05) is 19.9 Å². The number of halogens is 1. The van der Waals surface area contributed by atoms with Crippen molar-refractivity contribution in [1.29, 1.82) is 0 Å². The van der Waals surface area contributed by atoms with Crippen LogP contribution in [0, 0.1) is 5.82 Å². The monoisotopic (exact) mass is 631 g/mol. The Bertz CT molecular complexity index is 1620. The second-order valence-corrected chi connectivity index (χ2v) is 18.2. The van der Waals surface area contributed by atoms with Gasteiger partial charge in [-0.1, -0.05) is 56.0 Å².